The summed E-state index contributed by atoms with van der Waals surface area (Å²) in [6.07, 6.45) is 3.91. The molecule has 0 saturated heterocycles. The van der Waals surface area contributed by atoms with E-state index in [1.165, 1.54) is 23.2 Å². The zero-order valence-electron chi connectivity index (χ0n) is 16.7. The minimum atomic E-state index is -1.16. The largest absolute Gasteiger partial charge is 2.00 e. The van der Waals surface area contributed by atoms with E-state index in [0.29, 0.717) is 18.5 Å². The van der Waals surface area contributed by atoms with E-state index >= 15 is 0 Å². The minimum absolute atomic E-state index is 0. The first-order valence-electron chi connectivity index (χ1n) is 9.49. The summed E-state index contributed by atoms with van der Waals surface area (Å²) in [5, 5.41) is 36.8. The molecular weight excluding hydrogens is 453 g/mol. The molecule has 31 heavy (non-hydrogen) atoms. The van der Waals surface area contributed by atoms with Gasteiger partial charge in [-0.15, -0.1) is 0 Å². The Morgan fingerprint density at radius 2 is 1.32 bits per heavy atom. The van der Waals surface area contributed by atoms with Crippen LogP contribution in [0.4, 0.5) is 0 Å². The van der Waals surface area contributed by atoms with Gasteiger partial charge in [-0.2, -0.15) is 0 Å². The van der Waals surface area contributed by atoms with Crippen LogP contribution in [0.1, 0.15) is 41.7 Å². The Bertz CT molecular complexity index is 773. The maximum atomic E-state index is 11.5. The van der Waals surface area contributed by atoms with Crippen LogP contribution < -0.4 is 0 Å². The molecule has 0 spiro atoms. The van der Waals surface area contributed by atoms with E-state index in [4.69, 9.17) is 5.11 Å². The van der Waals surface area contributed by atoms with Gasteiger partial charge in [-0.3, -0.25) is 29.2 Å². The molecule has 0 aliphatic heterocycles. The SMILES string of the molecule is O=C(O)CN(CC(=O)O)C1CCCC[C@@H]1N(CC(=O)O)Cc1ccc(C(=O)O)cn1.[Mn+2]. The number of carbonyl (C=O) groups is 4. The molecular formula is C19H25MnN3O8+2. The maximum absolute atomic E-state index is 11.5. The Balaban J connectivity index is 0.00000480. The number of rotatable bonds is 11. The van der Waals surface area contributed by atoms with Crippen molar-refractivity contribution in [3.8, 4) is 0 Å². The molecule has 1 fully saturated rings. The number of hydrogen-bond donors (Lipinski definition) is 4. The molecule has 4 N–H and O–H groups in total. The molecule has 0 aromatic carbocycles. The zero-order valence-corrected chi connectivity index (χ0v) is 17.9. The molecule has 12 heteroatoms. The van der Waals surface area contributed by atoms with Crippen molar-refractivity contribution in [2.75, 3.05) is 19.6 Å². The normalized spacial score (nSPS) is 18.4. The predicted molar refractivity (Wildman–Crippen MR) is 102 cm³/mol. The van der Waals surface area contributed by atoms with Gasteiger partial charge in [0.2, 0.25) is 0 Å². The Hall–Kier alpha value is -2.53. The van der Waals surface area contributed by atoms with Crippen LogP contribution in [0.3, 0.4) is 0 Å². The van der Waals surface area contributed by atoms with Crippen molar-refractivity contribution < 1.29 is 56.7 Å². The molecule has 1 heterocycles. The average molecular weight is 478 g/mol. The average Bonchev–Trinajstić information content (AvgIpc) is 2.66. The fourth-order valence-electron chi connectivity index (χ4n) is 3.90. The number of aliphatic carboxylic acids is 3. The molecule has 2 atom stereocenters. The number of aromatic carboxylic acids is 1. The summed E-state index contributed by atoms with van der Waals surface area (Å²) in [7, 11) is 0. The van der Waals surface area contributed by atoms with Crippen LogP contribution in [0.2, 0.25) is 0 Å². The summed E-state index contributed by atoms with van der Waals surface area (Å²) in [5.41, 5.74) is 0.474. The number of carboxylic acid groups (broad SMARTS) is 4. The summed E-state index contributed by atoms with van der Waals surface area (Å²) in [6, 6.07) is 2.06. The molecule has 169 valence electrons. The standard InChI is InChI=1S/C19H25N3O8.Mn/c23-16(24)9-21(8-13-6-5-12(7-20-13)19(29)30)14-3-1-2-4-15(14)22(10-17(25)26)11-18(27)28;/h5-7,14-15H,1-4,8-11H2,(H,23,24)(H,25,26)(H,27,28)(H,29,30);/q;+2/t14-,15?;/m0./s1. The van der Waals surface area contributed by atoms with E-state index < -0.39 is 43.0 Å². The fourth-order valence-corrected chi connectivity index (χ4v) is 3.90. The minimum Gasteiger partial charge on any atom is -0.480 e. The Morgan fingerprint density at radius 3 is 1.74 bits per heavy atom. The summed E-state index contributed by atoms with van der Waals surface area (Å²) >= 11 is 0. The molecule has 1 radical (unpaired) electrons. The van der Waals surface area contributed by atoms with Crippen molar-refractivity contribution in [3.05, 3.63) is 29.6 Å². The van der Waals surface area contributed by atoms with Gasteiger partial charge in [-0.05, 0) is 25.0 Å². The van der Waals surface area contributed by atoms with E-state index in [-0.39, 0.29) is 41.8 Å². The van der Waals surface area contributed by atoms with Crippen molar-refractivity contribution in [3.63, 3.8) is 0 Å². The molecule has 1 unspecified atom stereocenters. The van der Waals surface area contributed by atoms with Gasteiger partial charge in [0.15, 0.2) is 0 Å². The van der Waals surface area contributed by atoms with Crippen LogP contribution in [-0.2, 0) is 38.0 Å². The van der Waals surface area contributed by atoms with Crippen LogP contribution in [0.25, 0.3) is 0 Å². The first-order valence-corrected chi connectivity index (χ1v) is 9.49. The van der Waals surface area contributed by atoms with Gasteiger partial charge >= 0.3 is 40.9 Å². The smallest absolute Gasteiger partial charge is 0.480 e. The van der Waals surface area contributed by atoms with Crippen molar-refractivity contribution in [1.82, 2.24) is 14.8 Å². The van der Waals surface area contributed by atoms with E-state index in [1.807, 2.05) is 0 Å². The number of hydrogen-bond acceptors (Lipinski definition) is 7. The predicted octanol–water partition coefficient (Wildman–Crippen LogP) is 0.446. The van der Waals surface area contributed by atoms with Crippen LogP contribution >= 0.6 is 0 Å². The third kappa shape index (κ3) is 8.25. The van der Waals surface area contributed by atoms with Gasteiger partial charge in [0.05, 0.1) is 30.9 Å². The second-order valence-corrected chi connectivity index (χ2v) is 7.25. The van der Waals surface area contributed by atoms with Gasteiger partial charge < -0.3 is 20.4 Å². The van der Waals surface area contributed by atoms with E-state index in [9.17, 15) is 34.5 Å². The van der Waals surface area contributed by atoms with Crippen LogP contribution in [-0.4, -0.2) is 90.8 Å². The summed E-state index contributed by atoms with van der Waals surface area (Å²) in [5.74, 6) is -4.51. The molecule has 1 aliphatic carbocycles. The third-order valence-corrected chi connectivity index (χ3v) is 5.08. The van der Waals surface area contributed by atoms with E-state index in [0.717, 1.165) is 12.8 Å². The van der Waals surface area contributed by atoms with E-state index in [2.05, 4.69) is 4.98 Å². The fraction of sp³-hybridized carbons (Fsp3) is 0.526. The van der Waals surface area contributed by atoms with Gasteiger partial charge in [0.1, 0.15) is 0 Å². The molecule has 11 nitrogen and oxygen atoms in total. The second kappa shape index (κ2) is 12.4. The zero-order chi connectivity index (χ0) is 22.3. The van der Waals surface area contributed by atoms with Crippen molar-refractivity contribution in [2.45, 2.75) is 44.3 Å². The van der Waals surface area contributed by atoms with E-state index in [1.54, 1.807) is 4.90 Å². The summed E-state index contributed by atoms with van der Waals surface area (Å²) < 4.78 is 0. The first-order chi connectivity index (χ1) is 14.2. The Kier molecular flexibility index (Phi) is 10.6. The molecule has 1 aromatic heterocycles. The summed E-state index contributed by atoms with van der Waals surface area (Å²) in [6.45, 7) is -1.14. The van der Waals surface area contributed by atoms with Crippen molar-refractivity contribution in [1.29, 1.82) is 0 Å². The van der Waals surface area contributed by atoms with Gasteiger partial charge in [-0.1, -0.05) is 12.8 Å². The molecule has 1 saturated carbocycles. The third-order valence-electron chi connectivity index (χ3n) is 5.08. The second-order valence-electron chi connectivity index (χ2n) is 7.25. The molecule has 0 bridgehead atoms. The van der Waals surface area contributed by atoms with Crippen LogP contribution in [0.5, 0.6) is 0 Å². The van der Waals surface area contributed by atoms with Crippen LogP contribution in [0.15, 0.2) is 18.3 Å². The number of nitrogens with zero attached hydrogens (tertiary/aromatic N) is 3. The van der Waals surface area contributed by atoms with Gasteiger partial charge in [0.25, 0.3) is 0 Å². The topological polar surface area (TPSA) is 169 Å². The Labute approximate surface area is 189 Å². The van der Waals surface area contributed by atoms with Crippen molar-refractivity contribution >= 4 is 23.9 Å². The Morgan fingerprint density at radius 1 is 0.839 bits per heavy atom. The number of carboxylic acids is 4. The van der Waals surface area contributed by atoms with Gasteiger partial charge in [-0.25, -0.2) is 4.79 Å². The summed E-state index contributed by atoms with van der Waals surface area (Å²) in [4.78, 5) is 52.1. The molecule has 0 amide bonds. The quantitative estimate of drug-likeness (QED) is 0.326. The maximum Gasteiger partial charge on any atom is 2.00 e. The molecule has 1 aromatic rings. The molecule has 2 rings (SSSR count). The van der Waals surface area contributed by atoms with Crippen LogP contribution in [0, 0.1) is 0 Å². The molecule has 1 aliphatic rings. The van der Waals surface area contributed by atoms with Gasteiger partial charge in [0, 0.05) is 24.8 Å². The van der Waals surface area contributed by atoms with Crippen molar-refractivity contribution in [2.24, 2.45) is 0 Å². The number of pyridine rings is 1. The first kappa shape index (κ1) is 26.5. The number of aromatic nitrogens is 1. The monoisotopic (exact) mass is 478 g/mol.